The number of oxime groups is 1. The molecule has 0 amide bonds. The molecule has 0 saturated carbocycles. The van der Waals surface area contributed by atoms with E-state index in [1.807, 2.05) is 45.0 Å². The van der Waals surface area contributed by atoms with E-state index in [4.69, 9.17) is 9.57 Å². The van der Waals surface area contributed by atoms with Crippen molar-refractivity contribution in [2.24, 2.45) is 5.16 Å². The Bertz CT molecular complexity index is 813. The van der Waals surface area contributed by atoms with Gasteiger partial charge in [0.2, 0.25) is 0 Å². The molecule has 2 aromatic rings. The smallest absolute Gasteiger partial charge is 0.338 e. The van der Waals surface area contributed by atoms with Gasteiger partial charge in [-0.15, -0.1) is 0 Å². The van der Waals surface area contributed by atoms with E-state index in [0.29, 0.717) is 12.0 Å². The van der Waals surface area contributed by atoms with Gasteiger partial charge in [0.05, 0.1) is 17.0 Å². The van der Waals surface area contributed by atoms with Crippen LogP contribution in [0.1, 0.15) is 54.9 Å². The number of ether oxygens (including phenoxy) is 1. The van der Waals surface area contributed by atoms with Gasteiger partial charge < -0.3 is 9.57 Å². The third-order valence-electron chi connectivity index (χ3n) is 3.55. The second-order valence-electron chi connectivity index (χ2n) is 6.82. The average Bonchev–Trinajstić information content (AvgIpc) is 3.03. The highest BCUT2D eigenvalue weighted by molar-refractivity contribution is 9.10. The summed E-state index contributed by atoms with van der Waals surface area (Å²) in [7, 11) is 0. The van der Waals surface area contributed by atoms with Crippen molar-refractivity contribution >= 4 is 27.6 Å². The summed E-state index contributed by atoms with van der Waals surface area (Å²) in [6.45, 7) is 5.53. The lowest BCUT2D eigenvalue weighted by Crippen LogP contribution is -2.24. The highest BCUT2D eigenvalue weighted by Crippen LogP contribution is 2.29. The van der Waals surface area contributed by atoms with Gasteiger partial charge in [-0.05, 0) is 51.1 Å². The minimum Gasteiger partial charge on any atom is -0.456 e. The van der Waals surface area contributed by atoms with Crippen molar-refractivity contribution in [3.05, 3.63) is 63.9 Å². The van der Waals surface area contributed by atoms with Crippen molar-refractivity contribution in [2.75, 3.05) is 0 Å². The Labute approximate surface area is 155 Å². The molecule has 1 aromatic carbocycles. The second-order valence-corrected chi connectivity index (χ2v) is 7.74. The molecule has 0 N–H and O–H groups in total. The van der Waals surface area contributed by atoms with Gasteiger partial charge in [0.15, 0.2) is 6.10 Å². The SMILES string of the molecule is CC(C)(C)OC(=O)c1cc(Br)cc(C2=NOC(c3ccccn3)C2)c1. The first-order valence-electron chi connectivity index (χ1n) is 8.00. The second kappa shape index (κ2) is 6.96. The summed E-state index contributed by atoms with van der Waals surface area (Å²) in [5.41, 5.74) is 2.37. The molecule has 2 heterocycles. The van der Waals surface area contributed by atoms with Crippen molar-refractivity contribution in [1.29, 1.82) is 0 Å². The quantitative estimate of drug-likeness (QED) is 0.700. The van der Waals surface area contributed by atoms with Crippen molar-refractivity contribution in [3.8, 4) is 0 Å². The normalized spacial score (nSPS) is 17.0. The zero-order chi connectivity index (χ0) is 18.0. The fraction of sp³-hybridized carbons (Fsp3) is 0.316. The van der Waals surface area contributed by atoms with Crippen LogP contribution in [0.3, 0.4) is 0 Å². The van der Waals surface area contributed by atoms with E-state index in [1.54, 1.807) is 18.3 Å². The first kappa shape index (κ1) is 17.6. The summed E-state index contributed by atoms with van der Waals surface area (Å²) in [5, 5.41) is 4.18. The molecule has 0 saturated heterocycles. The molecular formula is C19H19BrN2O3. The van der Waals surface area contributed by atoms with E-state index in [-0.39, 0.29) is 12.1 Å². The third-order valence-corrected chi connectivity index (χ3v) is 4.01. The predicted octanol–water partition coefficient (Wildman–Crippen LogP) is 4.67. The van der Waals surface area contributed by atoms with Gasteiger partial charge in [-0.25, -0.2) is 4.79 Å². The van der Waals surface area contributed by atoms with Gasteiger partial charge in [-0.1, -0.05) is 27.2 Å². The number of aromatic nitrogens is 1. The topological polar surface area (TPSA) is 60.8 Å². The number of benzene rings is 1. The molecule has 6 heteroatoms. The highest BCUT2D eigenvalue weighted by Gasteiger charge is 2.26. The predicted molar refractivity (Wildman–Crippen MR) is 98.5 cm³/mol. The number of hydrogen-bond donors (Lipinski definition) is 0. The van der Waals surface area contributed by atoms with Crippen LogP contribution in [0.5, 0.6) is 0 Å². The molecular weight excluding hydrogens is 384 g/mol. The summed E-state index contributed by atoms with van der Waals surface area (Å²) in [6.07, 6.45) is 2.12. The third kappa shape index (κ3) is 4.45. The Balaban J connectivity index is 1.80. The molecule has 3 rings (SSSR count). The van der Waals surface area contributed by atoms with Crippen LogP contribution in [-0.4, -0.2) is 22.3 Å². The largest absolute Gasteiger partial charge is 0.456 e. The molecule has 130 valence electrons. The van der Waals surface area contributed by atoms with Crippen LogP contribution >= 0.6 is 15.9 Å². The number of carbonyl (C=O) groups excluding carboxylic acids is 1. The van der Waals surface area contributed by atoms with Crippen molar-refractivity contribution < 1.29 is 14.4 Å². The maximum Gasteiger partial charge on any atom is 0.338 e. The van der Waals surface area contributed by atoms with E-state index >= 15 is 0 Å². The Kier molecular flexibility index (Phi) is 4.90. The van der Waals surface area contributed by atoms with Crippen molar-refractivity contribution in [3.63, 3.8) is 0 Å². The number of halogens is 1. The molecule has 1 aromatic heterocycles. The van der Waals surface area contributed by atoms with E-state index in [0.717, 1.165) is 21.4 Å². The monoisotopic (exact) mass is 402 g/mol. The number of rotatable bonds is 3. The summed E-state index contributed by atoms with van der Waals surface area (Å²) in [6, 6.07) is 11.1. The lowest BCUT2D eigenvalue weighted by molar-refractivity contribution is 0.00694. The van der Waals surface area contributed by atoms with E-state index in [1.165, 1.54) is 0 Å². The van der Waals surface area contributed by atoms with Crippen LogP contribution in [0.15, 0.2) is 52.2 Å². The van der Waals surface area contributed by atoms with Crippen molar-refractivity contribution in [2.45, 2.75) is 38.9 Å². The van der Waals surface area contributed by atoms with E-state index in [2.05, 4.69) is 26.1 Å². The maximum atomic E-state index is 12.3. The first-order chi connectivity index (χ1) is 11.8. The van der Waals surface area contributed by atoms with Crippen LogP contribution in [0.4, 0.5) is 0 Å². The molecule has 0 radical (unpaired) electrons. The summed E-state index contributed by atoms with van der Waals surface area (Å²) >= 11 is 3.45. The van der Waals surface area contributed by atoms with E-state index in [9.17, 15) is 4.79 Å². The Morgan fingerprint density at radius 1 is 1.28 bits per heavy atom. The van der Waals surface area contributed by atoms with Gasteiger partial charge >= 0.3 is 5.97 Å². The van der Waals surface area contributed by atoms with Crippen LogP contribution in [0.2, 0.25) is 0 Å². The standard InChI is InChI=1S/C19H19BrN2O3/c1-19(2,3)24-18(23)13-8-12(9-14(20)10-13)16-11-17(25-22-16)15-6-4-5-7-21-15/h4-10,17H,11H2,1-3H3. The van der Waals surface area contributed by atoms with Gasteiger partial charge in [-0.3, -0.25) is 4.98 Å². The van der Waals surface area contributed by atoms with E-state index < -0.39 is 5.60 Å². The fourth-order valence-electron chi connectivity index (χ4n) is 2.48. The Hall–Kier alpha value is -2.21. The number of esters is 1. The van der Waals surface area contributed by atoms with Crippen LogP contribution in [-0.2, 0) is 9.57 Å². The Morgan fingerprint density at radius 3 is 2.76 bits per heavy atom. The molecule has 5 nitrogen and oxygen atoms in total. The highest BCUT2D eigenvalue weighted by atomic mass is 79.9. The zero-order valence-electron chi connectivity index (χ0n) is 14.3. The number of carbonyl (C=O) groups is 1. The number of nitrogens with zero attached hydrogens (tertiary/aromatic N) is 2. The van der Waals surface area contributed by atoms with Crippen molar-refractivity contribution in [1.82, 2.24) is 4.98 Å². The minimum absolute atomic E-state index is 0.208. The fourth-order valence-corrected chi connectivity index (χ4v) is 2.98. The molecule has 1 aliphatic heterocycles. The molecule has 1 atom stereocenters. The zero-order valence-corrected chi connectivity index (χ0v) is 15.9. The Morgan fingerprint density at radius 2 is 2.08 bits per heavy atom. The summed E-state index contributed by atoms with van der Waals surface area (Å²) in [5.74, 6) is -0.365. The molecule has 0 bridgehead atoms. The molecule has 0 aliphatic carbocycles. The average molecular weight is 403 g/mol. The van der Waals surface area contributed by atoms with Crippen LogP contribution < -0.4 is 0 Å². The minimum atomic E-state index is -0.544. The molecule has 25 heavy (non-hydrogen) atoms. The van der Waals surface area contributed by atoms with Crippen LogP contribution in [0.25, 0.3) is 0 Å². The molecule has 1 aliphatic rings. The summed E-state index contributed by atoms with van der Waals surface area (Å²) in [4.78, 5) is 22.2. The number of pyridine rings is 1. The van der Waals surface area contributed by atoms with Gasteiger partial charge in [0.1, 0.15) is 5.60 Å². The lowest BCUT2D eigenvalue weighted by Gasteiger charge is -2.19. The summed E-state index contributed by atoms with van der Waals surface area (Å²) < 4.78 is 6.23. The maximum absolute atomic E-state index is 12.3. The van der Waals surface area contributed by atoms with Gasteiger partial charge in [-0.2, -0.15) is 0 Å². The van der Waals surface area contributed by atoms with Gasteiger partial charge in [0, 0.05) is 22.7 Å². The first-order valence-corrected chi connectivity index (χ1v) is 8.79. The van der Waals surface area contributed by atoms with Gasteiger partial charge in [0.25, 0.3) is 0 Å². The number of hydrogen-bond acceptors (Lipinski definition) is 5. The molecule has 0 spiro atoms. The van der Waals surface area contributed by atoms with Crippen LogP contribution in [0, 0.1) is 0 Å². The molecule has 0 fully saturated rings. The lowest BCUT2D eigenvalue weighted by atomic mass is 10.0. The molecule has 1 unspecified atom stereocenters.